The van der Waals surface area contributed by atoms with Crippen LogP contribution in [0.25, 0.3) is 0 Å². The fourth-order valence-electron chi connectivity index (χ4n) is 2.77. The van der Waals surface area contributed by atoms with Crippen molar-refractivity contribution in [2.75, 3.05) is 32.1 Å². The van der Waals surface area contributed by atoms with Gasteiger partial charge in [0.05, 0.1) is 12.8 Å². The smallest absolute Gasteiger partial charge is 0.191 e. The number of para-hydroxylation sites is 2. The topological polar surface area (TPSA) is 48.9 Å². The van der Waals surface area contributed by atoms with Crippen LogP contribution in [0.1, 0.15) is 19.3 Å². The Labute approximate surface area is 126 Å². The molecule has 1 aliphatic heterocycles. The molecule has 0 bridgehead atoms. The van der Waals surface area contributed by atoms with Crippen molar-refractivity contribution in [2.24, 2.45) is 4.99 Å². The average Bonchev–Trinajstić information content (AvgIpc) is 3.22. The number of aliphatic imine (C=N–C) groups is 1. The molecule has 21 heavy (non-hydrogen) atoms. The van der Waals surface area contributed by atoms with Gasteiger partial charge in [0, 0.05) is 32.2 Å². The van der Waals surface area contributed by atoms with Crippen LogP contribution < -0.4 is 20.3 Å². The monoisotopic (exact) mass is 288 g/mol. The molecular weight excluding hydrogens is 264 g/mol. The van der Waals surface area contributed by atoms with Crippen LogP contribution in [0.4, 0.5) is 5.69 Å². The maximum absolute atomic E-state index is 5.46. The van der Waals surface area contributed by atoms with Gasteiger partial charge in [-0.1, -0.05) is 12.1 Å². The highest BCUT2D eigenvalue weighted by Crippen LogP contribution is 2.30. The number of rotatable bonds is 4. The molecule has 0 spiro atoms. The van der Waals surface area contributed by atoms with Gasteiger partial charge in [-0.05, 0) is 31.4 Å². The summed E-state index contributed by atoms with van der Waals surface area (Å²) in [4.78, 5) is 6.69. The molecule has 1 saturated carbocycles. The third kappa shape index (κ3) is 3.40. The molecule has 1 atom stereocenters. The Morgan fingerprint density at radius 2 is 1.95 bits per heavy atom. The molecule has 0 amide bonds. The summed E-state index contributed by atoms with van der Waals surface area (Å²) < 4.78 is 5.46. The fourth-order valence-corrected chi connectivity index (χ4v) is 2.77. The van der Waals surface area contributed by atoms with E-state index in [0.717, 1.165) is 31.2 Å². The molecule has 1 heterocycles. The first kappa shape index (κ1) is 14.0. The van der Waals surface area contributed by atoms with Gasteiger partial charge in [-0.3, -0.25) is 4.99 Å². The van der Waals surface area contributed by atoms with Crippen molar-refractivity contribution in [3.63, 3.8) is 0 Å². The normalized spacial score (nSPS) is 22.3. The van der Waals surface area contributed by atoms with Crippen molar-refractivity contribution in [1.82, 2.24) is 10.6 Å². The molecule has 2 aliphatic rings. The van der Waals surface area contributed by atoms with Gasteiger partial charge >= 0.3 is 0 Å². The van der Waals surface area contributed by atoms with Gasteiger partial charge in [-0.2, -0.15) is 0 Å². The zero-order valence-electron chi connectivity index (χ0n) is 12.8. The Hall–Kier alpha value is -1.91. The van der Waals surface area contributed by atoms with E-state index in [1.54, 1.807) is 7.11 Å². The maximum atomic E-state index is 5.46. The molecule has 0 radical (unpaired) electrons. The molecule has 2 N–H and O–H groups in total. The van der Waals surface area contributed by atoms with Gasteiger partial charge in [0.1, 0.15) is 5.75 Å². The van der Waals surface area contributed by atoms with Gasteiger partial charge in [0.25, 0.3) is 0 Å². The molecule has 2 fully saturated rings. The number of benzene rings is 1. The Morgan fingerprint density at radius 3 is 2.67 bits per heavy atom. The molecular formula is C16H24N4O. The molecule has 0 aromatic heterocycles. The van der Waals surface area contributed by atoms with Gasteiger partial charge in [-0.15, -0.1) is 0 Å². The van der Waals surface area contributed by atoms with E-state index < -0.39 is 0 Å². The van der Waals surface area contributed by atoms with Crippen LogP contribution in [0.2, 0.25) is 0 Å². The number of hydrogen-bond donors (Lipinski definition) is 2. The minimum Gasteiger partial charge on any atom is -0.495 e. The lowest BCUT2D eigenvalue weighted by molar-refractivity contribution is 0.415. The third-order valence-corrected chi connectivity index (χ3v) is 4.10. The number of nitrogens with zero attached hydrogens (tertiary/aromatic N) is 2. The van der Waals surface area contributed by atoms with Crippen LogP contribution in [-0.4, -0.2) is 45.3 Å². The second-order valence-electron chi connectivity index (χ2n) is 5.74. The van der Waals surface area contributed by atoms with E-state index in [2.05, 4.69) is 32.7 Å². The predicted molar refractivity (Wildman–Crippen MR) is 86.3 cm³/mol. The predicted octanol–water partition coefficient (Wildman–Crippen LogP) is 1.60. The van der Waals surface area contributed by atoms with Gasteiger partial charge in [0.15, 0.2) is 5.96 Å². The second-order valence-corrected chi connectivity index (χ2v) is 5.74. The van der Waals surface area contributed by atoms with Gasteiger partial charge in [0.2, 0.25) is 0 Å². The molecule has 1 aliphatic carbocycles. The third-order valence-electron chi connectivity index (χ3n) is 4.10. The minimum atomic E-state index is 0.430. The van der Waals surface area contributed by atoms with Crippen LogP contribution in [-0.2, 0) is 0 Å². The van der Waals surface area contributed by atoms with E-state index in [9.17, 15) is 0 Å². The Balaban J connectivity index is 1.59. The van der Waals surface area contributed by atoms with E-state index in [-0.39, 0.29) is 0 Å². The number of methoxy groups -OCH3 is 1. The van der Waals surface area contributed by atoms with Crippen LogP contribution in [0.3, 0.4) is 0 Å². The summed E-state index contributed by atoms with van der Waals surface area (Å²) in [5.41, 5.74) is 1.18. The highest BCUT2D eigenvalue weighted by molar-refractivity contribution is 5.80. The molecule has 1 aromatic carbocycles. The summed E-state index contributed by atoms with van der Waals surface area (Å²) in [6.07, 6.45) is 3.64. The molecule has 1 aromatic rings. The zero-order chi connectivity index (χ0) is 14.7. The largest absolute Gasteiger partial charge is 0.495 e. The summed E-state index contributed by atoms with van der Waals surface area (Å²) in [6.45, 7) is 2.02. The number of hydrogen-bond acceptors (Lipinski definition) is 3. The lowest BCUT2D eigenvalue weighted by Gasteiger charge is -2.22. The van der Waals surface area contributed by atoms with E-state index in [1.165, 1.54) is 18.5 Å². The van der Waals surface area contributed by atoms with Crippen molar-refractivity contribution in [1.29, 1.82) is 0 Å². The van der Waals surface area contributed by atoms with Crippen molar-refractivity contribution < 1.29 is 4.74 Å². The molecule has 3 rings (SSSR count). The highest BCUT2D eigenvalue weighted by Gasteiger charge is 2.27. The van der Waals surface area contributed by atoms with Crippen molar-refractivity contribution >= 4 is 11.6 Å². The average molecular weight is 288 g/mol. The Morgan fingerprint density at radius 1 is 1.19 bits per heavy atom. The van der Waals surface area contributed by atoms with E-state index in [4.69, 9.17) is 4.74 Å². The fraction of sp³-hybridized carbons (Fsp3) is 0.562. The Kier molecular flexibility index (Phi) is 4.18. The number of ether oxygens (including phenoxy) is 1. The van der Waals surface area contributed by atoms with Crippen molar-refractivity contribution in [2.45, 2.75) is 31.3 Å². The van der Waals surface area contributed by atoms with Gasteiger partial charge < -0.3 is 20.3 Å². The highest BCUT2D eigenvalue weighted by atomic mass is 16.5. The molecule has 1 unspecified atom stereocenters. The summed E-state index contributed by atoms with van der Waals surface area (Å²) in [5.74, 6) is 1.88. The van der Waals surface area contributed by atoms with Crippen LogP contribution in [0.15, 0.2) is 29.3 Å². The van der Waals surface area contributed by atoms with Crippen LogP contribution >= 0.6 is 0 Å². The van der Waals surface area contributed by atoms with E-state index >= 15 is 0 Å². The van der Waals surface area contributed by atoms with E-state index in [1.807, 2.05) is 19.2 Å². The maximum Gasteiger partial charge on any atom is 0.191 e. The first-order valence-electron chi connectivity index (χ1n) is 7.68. The minimum absolute atomic E-state index is 0.430. The van der Waals surface area contributed by atoms with E-state index in [0.29, 0.717) is 12.1 Å². The lowest BCUT2D eigenvalue weighted by Crippen LogP contribution is -2.45. The standard InChI is InChI=1S/C16H24N4O/c1-17-16(18-12-7-8-12)19-13-9-10-20(11-13)14-5-3-4-6-15(14)21-2/h3-6,12-13H,7-11H2,1-2H3,(H2,17,18,19). The van der Waals surface area contributed by atoms with Crippen molar-refractivity contribution in [3.8, 4) is 5.75 Å². The lowest BCUT2D eigenvalue weighted by atomic mass is 10.2. The van der Waals surface area contributed by atoms with Crippen LogP contribution in [0.5, 0.6) is 5.75 Å². The Bertz CT molecular complexity index is 513. The summed E-state index contributed by atoms with van der Waals surface area (Å²) in [5, 5.41) is 6.97. The first-order chi connectivity index (χ1) is 10.3. The first-order valence-corrected chi connectivity index (χ1v) is 7.68. The molecule has 1 saturated heterocycles. The summed E-state index contributed by atoms with van der Waals surface area (Å²) in [7, 11) is 3.57. The zero-order valence-corrected chi connectivity index (χ0v) is 12.8. The van der Waals surface area contributed by atoms with Gasteiger partial charge in [-0.25, -0.2) is 0 Å². The SMILES string of the molecule is CN=C(NC1CC1)NC1CCN(c2ccccc2OC)C1. The number of nitrogens with one attached hydrogen (secondary N) is 2. The molecule has 5 nitrogen and oxygen atoms in total. The molecule has 5 heteroatoms. The number of anilines is 1. The second kappa shape index (κ2) is 6.24. The molecule has 114 valence electrons. The van der Waals surface area contributed by atoms with Crippen LogP contribution in [0, 0.1) is 0 Å². The summed E-state index contributed by atoms with van der Waals surface area (Å²) >= 11 is 0. The van der Waals surface area contributed by atoms with Crippen molar-refractivity contribution in [3.05, 3.63) is 24.3 Å². The number of guanidine groups is 1. The summed E-state index contributed by atoms with van der Waals surface area (Å²) in [6, 6.07) is 9.27. The quantitative estimate of drug-likeness (QED) is 0.653.